The summed E-state index contributed by atoms with van der Waals surface area (Å²) in [5, 5.41) is 0. The van der Waals surface area contributed by atoms with Gasteiger partial charge in [0.15, 0.2) is 5.79 Å². The molecule has 0 amide bonds. The van der Waals surface area contributed by atoms with Gasteiger partial charge in [-0.25, -0.2) is 4.98 Å². The van der Waals surface area contributed by atoms with Gasteiger partial charge in [0.2, 0.25) is 0 Å². The molecule has 1 aliphatic heterocycles. The van der Waals surface area contributed by atoms with Crippen molar-refractivity contribution in [3.05, 3.63) is 48.5 Å². The van der Waals surface area contributed by atoms with Crippen LogP contribution in [0.5, 0.6) is 5.75 Å². The van der Waals surface area contributed by atoms with Crippen molar-refractivity contribution in [1.29, 1.82) is 0 Å². The monoisotopic (exact) mass is 330 g/mol. The maximum atomic E-state index is 6.10. The SMILES string of the molecule is CCCOc1ccc(C2(CCCn3ccnc3)OCCCO2)cc1. The molecular weight excluding hydrogens is 304 g/mol. The zero-order valence-corrected chi connectivity index (χ0v) is 14.3. The number of benzene rings is 1. The minimum absolute atomic E-state index is 0.637. The molecule has 1 saturated heterocycles. The minimum atomic E-state index is -0.637. The summed E-state index contributed by atoms with van der Waals surface area (Å²) < 4.78 is 20.0. The van der Waals surface area contributed by atoms with E-state index in [0.717, 1.165) is 63.4 Å². The van der Waals surface area contributed by atoms with Crippen LogP contribution < -0.4 is 4.74 Å². The van der Waals surface area contributed by atoms with Gasteiger partial charge in [-0.15, -0.1) is 0 Å². The number of hydrogen-bond acceptors (Lipinski definition) is 4. The molecule has 130 valence electrons. The topological polar surface area (TPSA) is 45.5 Å². The van der Waals surface area contributed by atoms with Gasteiger partial charge < -0.3 is 18.8 Å². The van der Waals surface area contributed by atoms with E-state index in [1.807, 2.05) is 24.7 Å². The Morgan fingerprint density at radius 3 is 2.67 bits per heavy atom. The Morgan fingerprint density at radius 1 is 1.21 bits per heavy atom. The Morgan fingerprint density at radius 2 is 2.00 bits per heavy atom. The quantitative estimate of drug-likeness (QED) is 0.739. The number of imidazole rings is 1. The average Bonchev–Trinajstić information content (AvgIpc) is 3.15. The first kappa shape index (κ1) is 17.0. The Balaban J connectivity index is 1.67. The molecule has 0 saturated carbocycles. The number of aromatic nitrogens is 2. The van der Waals surface area contributed by atoms with E-state index in [2.05, 4.69) is 28.6 Å². The van der Waals surface area contributed by atoms with Gasteiger partial charge >= 0.3 is 0 Å². The summed E-state index contributed by atoms with van der Waals surface area (Å²) in [5.74, 6) is 0.257. The van der Waals surface area contributed by atoms with Gasteiger partial charge in [0.25, 0.3) is 0 Å². The molecule has 0 atom stereocenters. The van der Waals surface area contributed by atoms with E-state index < -0.39 is 5.79 Å². The van der Waals surface area contributed by atoms with Gasteiger partial charge in [0.1, 0.15) is 5.75 Å². The lowest BCUT2D eigenvalue weighted by Crippen LogP contribution is -2.38. The molecule has 5 heteroatoms. The van der Waals surface area contributed by atoms with Gasteiger partial charge in [-0.05, 0) is 43.5 Å². The molecule has 1 aromatic heterocycles. The first-order valence-electron chi connectivity index (χ1n) is 8.79. The van der Waals surface area contributed by atoms with Crippen LogP contribution in [0.15, 0.2) is 43.0 Å². The van der Waals surface area contributed by atoms with E-state index in [4.69, 9.17) is 14.2 Å². The van der Waals surface area contributed by atoms with Crippen LogP contribution in [0.3, 0.4) is 0 Å². The second kappa shape index (κ2) is 8.31. The van der Waals surface area contributed by atoms with Crippen LogP contribution in [0.2, 0.25) is 0 Å². The fourth-order valence-electron chi connectivity index (χ4n) is 2.97. The Labute approximate surface area is 143 Å². The largest absolute Gasteiger partial charge is 0.494 e. The number of rotatable bonds is 8. The summed E-state index contributed by atoms with van der Waals surface area (Å²) >= 11 is 0. The van der Waals surface area contributed by atoms with E-state index in [1.165, 1.54) is 0 Å². The first-order chi connectivity index (χ1) is 11.8. The molecular formula is C19H26N2O3. The molecule has 5 nitrogen and oxygen atoms in total. The van der Waals surface area contributed by atoms with E-state index >= 15 is 0 Å². The van der Waals surface area contributed by atoms with Crippen LogP contribution in [0.4, 0.5) is 0 Å². The summed E-state index contributed by atoms with van der Waals surface area (Å²) in [6, 6.07) is 8.13. The molecule has 0 spiro atoms. The Bertz CT molecular complexity index is 590. The smallest absolute Gasteiger partial charge is 0.194 e. The van der Waals surface area contributed by atoms with E-state index in [0.29, 0.717) is 0 Å². The lowest BCUT2D eigenvalue weighted by atomic mass is 9.99. The van der Waals surface area contributed by atoms with E-state index in [-0.39, 0.29) is 0 Å². The predicted molar refractivity (Wildman–Crippen MR) is 91.9 cm³/mol. The molecule has 3 rings (SSSR count). The van der Waals surface area contributed by atoms with Crippen LogP contribution in [0.1, 0.15) is 38.2 Å². The third-order valence-corrected chi connectivity index (χ3v) is 4.21. The number of nitrogens with zero attached hydrogens (tertiary/aromatic N) is 2. The molecule has 0 unspecified atom stereocenters. The lowest BCUT2D eigenvalue weighted by Gasteiger charge is -2.38. The third-order valence-electron chi connectivity index (χ3n) is 4.21. The molecule has 0 aliphatic carbocycles. The summed E-state index contributed by atoms with van der Waals surface area (Å²) in [6.45, 7) is 5.22. The fourth-order valence-corrected chi connectivity index (χ4v) is 2.97. The van der Waals surface area contributed by atoms with Crippen LogP contribution in [0.25, 0.3) is 0 Å². The van der Waals surface area contributed by atoms with Crippen molar-refractivity contribution in [2.45, 2.75) is 44.9 Å². The zero-order valence-electron chi connectivity index (χ0n) is 14.3. The molecule has 2 heterocycles. The molecule has 2 aromatic rings. The molecule has 0 radical (unpaired) electrons. The molecule has 1 aromatic carbocycles. The predicted octanol–water partition coefficient (Wildman–Crippen LogP) is 3.74. The van der Waals surface area contributed by atoms with Crippen LogP contribution in [0, 0.1) is 0 Å². The highest BCUT2D eigenvalue weighted by molar-refractivity contribution is 5.30. The molecule has 1 aliphatic rings. The van der Waals surface area contributed by atoms with Gasteiger partial charge in [-0.2, -0.15) is 0 Å². The average molecular weight is 330 g/mol. The summed E-state index contributed by atoms with van der Waals surface area (Å²) in [5.41, 5.74) is 1.07. The Hall–Kier alpha value is -1.85. The molecule has 0 N–H and O–H groups in total. The van der Waals surface area contributed by atoms with Crippen LogP contribution in [-0.4, -0.2) is 29.4 Å². The van der Waals surface area contributed by atoms with Crippen molar-refractivity contribution < 1.29 is 14.2 Å². The fraction of sp³-hybridized carbons (Fsp3) is 0.526. The summed E-state index contributed by atoms with van der Waals surface area (Å²) in [6.07, 6.45) is 9.36. The van der Waals surface area contributed by atoms with Crippen molar-refractivity contribution in [3.63, 3.8) is 0 Å². The van der Waals surface area contributed by atoms with Gasteiger partial charge in [-0.1, -0.05) is 6.92 Å². The number of aryl methyl sites for hydroxylation is 1. The zero-order chi connectivity index (χ0) is 16.7. The van der Waals surface area contributed by atoms with Crippen molar-refractivity contribution in [3.8, 4) is 5.75 Å². The van der Waals surface area contributed by atoms with Gasteiger partial charge in [-0.3, -0.25) is 0 Å². The second-order valence-corrected chi connectivity index (χ2v) is 6.08. The van der Waals surface area contributed by atoms with E-state index in [1.54, 1.807) is 6.20 Å². The molecule has 24 heavy (non-hydrogen) atoms. The van der Waals surface area contributed by atoms with Crippen molar-refractivity contribution in [2.75, 3.05) is 19.8 Å². The highest BCUT2D eigenvalue weighted by Gasteiger charge is 2.36. The normalized spacial score (nSPS) is 16.9. The highest BCUT2D eigenvalue weighted by Crippen LogP contribution is 2.36. The standard InChI is InChI=1S/C19H26N2O3/c1-2-13-22-18-7-5-17(6-8-18)19(23-14-4-15-24-19)9-3-11-21-12-10-20-16-21/h5-8,10,12,16H,2-4,9,11,13-15H2,1H3. The lowest BCUT2D eigenvalue weighted by molar-refractivity contribution is -0.280. The summed E-state index contributed by atoms with van der Waals surface area (Å²) in [4.78, 5) is 4.08. The summed E-state index contributed by atoms with van der Waals surface area (Å²) in [7, 11) is 0. The van der Waals surface area contributed by atoms with Crippen molar-refractivity contribution in [2.24, 2.45) is 0 Å². The Kier molecular flexibility index (Phi) is 5.88. The van der Waals surface area contributed by atoms with Gasteiger partial charge in [0, 0.05) is 30.9 Å². The second-order valence-electron chi connectivity index (χ2n) is 6.08. The maximum absolute atomic E-state index is 6.10. The van der Waals surface area contributed by atoms with Crippen molar-refractivity contribution in [1.82, 2.24) is 9.55 Å². The van der Waals surface area contributed by atoms with Gasteiger partial charge in [0.05, 0.1) is 26.1 Å². The van der Waals surface area contributed by atoms with E-state index in [9.17, 15) is 0 Å². The minimum Gasteiger partial charge on any atom is -0.494 e. The van der Waals surface area contributed by atoms with Crippen molar-refractivity contribution >= 4 is 0 Å². The maximum Gasteiger partial charge on any atom is 0.194 e. The third kappa shape index (κ3) is 4.16. The van der Waals surface area contributed by atoms with Crippen LogP contribution in [-0.2, 0) is 21.8 Å². The number of ether oxygens (including phenoxy) is 3. The molecule has 0 bridgehead atoms. The number of hydrogen-bond donors (Lipinski definition) is 0. The van der Waals surface area contributed by atoms with Crippen LogP contribution >= 0.6 is 0 Å². The highest BCUT2D eigenvalue weighted by atomic mass is 16.7. The first-order valence-corrected chi connectivity index (χ1v) is 8.79. The molecule has 1 fully saturated rings.